The summed E-state index contributed by atoms with van der Waals surface area (Å²) in [4.78, 5) is 69.8. The van der Waals surface area contributed by atoms with Crippen LogP contribution in [-0.2, 0) is 48.0 Å². The first-order valence-corrected chi connectivity index (χ1v) is 23.5. The molecule has 1 aromatic carbocycles. The number of hydrogen-bond donors (Lipinski definition) is 3. The Labute approximate surface area is 386 Å². The van der Waals surface area contributed by atoms with Gasteiger partial charge in [-0.05, 0) is 76.3 Å². The van der Waals surface area contributed by atoms with Crippen molar-refractivity contribution in [2.75, 3.05) is 47.5 Å². The molecule has 3 aliphatic rings. The van der Waals surface area contributed by atoms with E-state index in [1.54, 1.807) is 32.4 Å². The molecular weight excluding hydrogens is 849 g/mol. The van der Waals surface area contributed by atoms with E-state index in [-0.39, 0.29) is 56.4 Å². The topological polar surface area (TPSA) is 181 Å². The molecule has 4 aromatic rings. The molecule has 4 amide bonds. The van der Waals surface area contributed by atoms with Crippen molar-refractivity contribution in [3.63, 3.8) is 0 Å². The summed E-state index contributed by atoms with van der Waals surface area (Å²) in [6.07, 6.45) is 2.29. The number of nitrogens with zero attached hydrogens (tertiary/aromatic N) is 6. The van der Waals surface area contributed by atoms with Gasteiger partial charge in [0.2, 0.25) is 11.6 Å². The monoisotopic (exact) mass is 914 g/mol. The molecule has 0 unspecified atom stereocenters. The standard InChI is InChI=1S/C48H66N8O8S/c1-12-55-37-17-16-30-21-33(37)34(41(55)32-15-13-19-49-39(32)29(4)62-10)23-46(5,6)27-64-44(59)48(61)18-14-20-56(52-48)43(58)35(22-38-50-36(30)26-65-38)51-42(57)40(28(2)3)53(9)45(60)54-24-31(25-54)47(7,8)63-11/h13,15-17,19,21,26,28-29,31,35,40,52,61H,12,14,18,20,22-25,27H2,1-11H3,(H,51,57)/t29-,35-,40-,48-/m0/s1. The molecule has 0 spiro atoms. The first-order chi connectivity index (χ1) is 30.7. The zero-order chi connectivity index (χ0) is 47.2. The number of carbonyl (C=O) groups is 4. The van der Waals surface area contributed by atoms with Crippen LogP contribution in [-0.4, -0.2) is 129 Å². The number of rotatable bonds is 10. The maximum absolute atomic E-state index is 14.6. The first kappa shape index (κ1) is 48.0. The third-order valence-corrected chi connectivity index (χ3v) is 14.4. The Kier molecular flexibility index (Phi) is 13.8. The highest BCUT2D eigenvalue weighted by molar-refractivity contribution is 7.10. The highest BCUT2D eigenvalue weighted by Crippen LogP contribution is 2.42. The zero-order valence-electron chi connectivity index (χ0n) is 39.7. The van der Waals surface area contributed by atoms with Crippen molar-refractivity contribution >= 4 is 46.1 Å². The van der Waals surface area contributed by atoms with E-state index in [0.29, 0.717) is 36.8 Å². The van der Waals surface area contributed by atoms with Crippen molar-refractivity contribution in [3.05, 3.63) is 58.2 Å². The number of ether oxygens (including phenoxy) is 3. The number of hydrazine groups is 1. The Morgan fingerprint density at radius 2 is 1.89 bits per heavy atom. The lowest BCUT2D eigenvalue weighted by molar-refractivity contribution is -0.189. The molecular formula is C48H66N8O8S. The average Bonchev–Trinajstić information content (AvgIpc) is 3.85. The van der Waals surface area contributed by atoms with Gasteiger partial charge in [0.25, 0.3) is 5.91 Å². The number of likely N-dealkylation sites (tertiary alicyclic amines) is 1. The van der Waals surface area contributed by atoms with Crippen molar-refractivity contribution in [2.24, 2.45) is 17.3 Å². The molecule has 17 heteroatoms. The maximum Gasteiger partial charge on any atom is 0.355 e. The van der Waals surface area contributed by atoms with E-state index in [0.717, 1.165) is 39.0 Å². The highest BCUT2D eigenvalue weighted by atomic mass is 32.1. The molecule has 3 N–H and O–H groups in total. The van der Waals surface area contributed by atoms with E-state index >= 15 is 0 Å². The predicted octanol–water partition coefficient (Wildman–Crippen LogP) is 5.96. The molecule has 6 heterocycles. The van der Waals surface area contributed by atoms with Crippen LogP contribution in [0.4, 0.5) is 4.79 Å². The van der Waals surface area contributed by atoms with E-state index < -0.39 is 46.6 Å². The Bertz CT molecular complexity index is 2420. The molecule has 7 rings (SSSR count). The van der Waals surface area contributed by atoms with Gasteiger partial charge in [0.15, 0.2) is 0 Å². The van der Waals surface area contributed by atoms with Crippen LogP contribution in [0.25, 0.3) is 33.4 Å². The fraction of sp³-hybridized carbons (Fsp3) is 0.583. The molecule has 3 aliphatic heterocycles. The van der Waals surface area contributed by atoms with Gasteiger partial charge in [-0.1, -0.05) is 33.8 Å². The summed E-state index contributed by atoms with van der Waals surface area (Å²) >= 11 is 1.37. The highest BCUT2D eigenvalue weighted by Gasteiger charge is 2.47. The summed E-state index contributed by atoms with van der Waals surface area (Å²) < 4.78 is 19.7. The van der Waals surface area contributed by atoms with Gasteiger partial charge in [-0.3, -0.25) is 19.6 Å². The van der Waals surface area contributed by atoms with Crippen molar-refractivity contribution < 1.29 is 38.5 Å². The molecule has 0 saturated carbocycles. The van der Waals surface area contributed by atoms with Gasteiger partial charge >= 0.3 is 12.0 Å². The lowest BCUT2D eigenvalue weighted by Gasteiger charge is -2.48. The summed E-state index contributed by atoms with van der Waals surface area (Å²) in [5, 5.41) is 19.6. The van der Waals surface area contributed by atoms with E-state index in [1.807, 2.05) is 66.0 Å². The van der Waals surface area contributed by atoms with E-state index in [1.165, 1.54) is 21.2 Å². The fourth-order valence-corrected chi connectivity index (χ4v) is 10.2. The van der Waals surface area contributed by atoms with Crippen LogP contribution in [0.1, 0.15) is 90.6 Å². The lowest BCUT2D eigenvalue weighted by Crippen LogP contribution is -2.67. The normalized spacial score (nSPS) is 21.7. The van der Waals surface area contributed by atoms with Crippen LogP contribution in [0.3, 0.4) is 0 Å². The smallest absolute Gasteiger partial charge is 0.355 e. The predicted molar refractivity (Wildman–Crippen MR) is 248 cm³/mol. The first-order valence-electron chi connectivity index (χ1n) is 22.7. The molecule has 16 nitrogen and oxygen atoms in total. The average molecular weight is 915 g/mol. The molecule has 2 saturated heterocycles. The van der Waals surface area contributed by atoms with Crippen LogP contribution in [0.2, 0.25) is 0 Å². The van der Waals surface area contributed by atoms with Crippen molar-refractivity contribution in [1.29, 1.82) is 0 Å². The second kappa shape index (κ2) is 18.7. The van der Waals surface area contributed by atoms with Crippen molar-refractivity contribution in [3.8, 4) is 22.5 Å². The van der Waals surface area contributed by atoms with Gasteiger partial charge in [-0.2, -0.15) is 5.43 Å². The number of thiazole rings is 1. The number of fused-ring (bicyclic) bond motifs is 6. The molecule has 4 atom stereocenters. The molecule has 6 bridgehead atoms. The second-order valence-corrected chi connectivity index (χ2v) is 20.4. The van der Waals surface area contributed by atoms with Gasteiger partial charge in [-0.25, -0.2) is 14.6 Å². The number of nitrogens with one attached hydrogen (secondary N) is 2. The Hall–Kier alpha value is -4.94. The molecule has 3 aromatic heterocycles. The lowest BCUT2D eigenvalue weighted by atomic mass is 9.84. The number of esters is 1. The van der Waals surface area contributed by atoms with Crippen LogP contribution < -0.4 is 10.7 Å². The van der Waals surface area contributed by atoms with Crippen molar-refractivity contribution in [2.45, 2.75) is 117 Å². The van der Waals surface area contributed by atoms with Crippen LogP contribution in [0.5, 0.6) is 0 Å². The number of benzene rings is 1. The van der Waals surface area contributed by atoms with E-state index in [2.05, 4.69) is 40.4 Å². The Morgan fingerprint density at radius 3 is 2.57 bits per heavy atom. The number of likely N-dealkylation sites (N-methyl/N-ethyl adjacent to an activating group) is 1. The van der Waals surface area contributed by atoms with Crippen molar-refractivity contribution in [1.82, 2.24) is 40.1 Å². The van der Waals surface area contributed by atoms with Gasteiger partial charge in [-0.15, -0.1) is 11.3 Å². The van der Waals surface area contributed by atoms with E-state index in [9.17, 15) is 24.3 Å². The third kappa shape index (κ3) is 9.53. The van der Waals surface area contributed by atoms with E-state index in [4.69, 9.17) is 24.2 Å². The second-order valence-electron chi connectivity index (χ2n) is 19.5. The number of aliphatic hydroxyl groups is 1. The summed E-state index contributed by atoms with van der Waals surface area (Å²) in [5.74, 6) is -2.15. The minimum Gasteiger partial charge on any atom is -0.462 e. The summed E-state index contributed by atoms with van der Waals surface area (Å²) in [5.41, 5.74) is 5.94. The molecule has 2 fully saturated rings. The number of methoxy groups -OCH3 is 2. The number of amides is 4. The number of carbonyl (C=O) groups excluding carboxylic acids is 4. The van der Waals surface area contributed by atoms with Crippen LogP contribution in [0, 0.1) is 17.3 Å². The van der Waals surface area contributed by atoms with Gasteiger partial charge in [0.1, 0.15) is 12.1 Å². The van der Waals surface area contributed by atoms with Gasteiger partial charge < -0.3 is 39.0 Å². The SMILES string of the molecule is CCn1c(-c2cccnc2[C@H](C)OC)c2c3cc(ccc31)-c1csc(n1)C[C@H](NC(=O)[C@H](C(C)C)N(C)C(=O)N1CC(C(C)(C)OC)C1)C(=O)N1CCC[C@@](O)(N1)C(=O)OCC(C)(C)C2. The largest absolute Gasteiger partial charge is 0.462 e. The number of aromatic nitrogens is 3. The number of urea groups is 1. The summed E-state index contributed by atoms with van der Waals surface area (Å²) in [7, 11) is 4.93. The summed E-state index contributed by atoms with van der Waals surface area (Å²) in [6, 6.07) is 7.90. The Morgan fingerprint density at radius 1 is 1.15 bits per heavy atom. The van der Waals surface area contributed by atoms with Crippen LogP contribution >= 0.6 is 11.3 Å². The fourth-order valence-electron chi connectivity index (χ4n) is 9.37. The van der Waals surface area contributed by atoms with Gasteiger partial charge in [0, 0.05) is 105 Å². The Balaban J connectivity index is 1.28. The number of pyridine rings is 1. The number of hydrogen-bond acceptors (Lipinski definition) is 12. The minimum atomic E-state index is -2.21. The van der Waals surface area contributed by atoms with Gasteiger partial charge in [0.05, 0.1) is 40.4 Å². The summed E-state index contributed by atoms with van der Waals surface area (Å²) in [6.45, 7) is 17.6. The van der Waals surface area contributed by atoms with Crippen LogP contribution in [0.15, 0.2) is 41.9 Å². The quantitative estimate of drug-likeness (QED) is 0.160. The zero-order valence-corrected chi connectivity index (χ0v) is 40.5. The molecule has 65 heavy (non-hydrogen) atoms. The molecule has 352 valence electrons. The number of cyclic esters (lactones) is 1. The maximum atomic E-state index is 14.6. The number of aryl methyl sites for hydroxylation is 1. The molecule has 0 aliphatic carbocycles. The molecule has 0 radical (unpaired) electrons. The minimum absolute atomic E-state index is 0.00252. The third-order valence-electron chi connectivity index (χ3n) is 13.5.